The van der Waals surface area contributed by atoms with Gasteiger partial charge in [-0.25, -0.2) is 17.6 Å². The molecular weight excluding hydrogens is 435 g/mol. The first kappa shape index (κ1) is 21.4. The Morgan fingerprint density at radius 1 is 0.964 bits per heavy atom. The standard InChI is InChI=1S/C16H7F6N3O2.Mn/c1-5-11(15(26)6-2-9(19)23-10(20)3-6)16(27)25(24-5)14-12(21)7(17)4-8(18)13(14)22;/h2-4,27H,1H3;. The summed E-state index contributed by atoms with van der Waals surface area (Å²) in [4.78, 5) is 15.2. The first-order chi connectivity index (χ1) is 12.6. The van der Waals surface area contributed by atoms with Gasteiger partial charge in [0, 0.05) is 40.8 Å². The van der Waals surface area contributed by atoms with Crippen molar-refractivity contribution in [2.24, 2.45) is 0 Å². The monoisotopic (exact) mass is 442 g/mol. The fraction of sp³-hybridized carbons (Fsp3) is 0.0625. The zero-order chi connectivity index (χ0) is 20.0. The molecule has 0 aliphatic rings. The van der Waals surface area contributed by atoms with Crippen LogP contribution in [0.5, 0.6) is 5.88 Å². The number of ketones is 1. The maximum absolute atomic E-state index is 13.9. The molecule has 0 saturated carbocycles. The van der Waals surface area contributed by atoms with Crippen LogP contribution in [0.25, 0.3) is 5.69 Å². The van der Waals surface area contributed by atoms with E-state index in [4.69, 9.17) is 0 Å². The largest absolute Gasteiger partial charge is 0.493 e. The fourth-order valence-electron chi connectivity index (χ4n) is 2.42. The molecule has 1 N–H and O–H groups in total. The molecule has 0 atom stereocenters. The van der Waals surface area contributed by atoms with Crippen LogP contribution in [0.4, 0.5) is 26.3 Å². The maximum Gasteiger partial charge on any atom is 0.226 e. The van der Waals surface area contributed by atoms with E-state index in [-0.39, 0.29) is 33.5 Å². The fourth-order valence-corrected chi connectivity index (χ4v) is 2.42. The smallest absolute Gasteiger partial charge is 0.226 e. The average Bonchev–Trinajstić information content (AvgIpc) is 2.86. The van der Waals surface area contributed by atoms with E-state index >= 15 is 0 Å². The first-order valence-corrected chi connectivity index (χ1v) is 7.11. The molecule has 0 aliphatic carbocycles. The van der Waals surface area contributed by atoms with Crippen LogP contribution in [-0.4, -0.2) is 25.7 Å². The summed E-state index contributed by atoms with van der Waals surface area (Å²) in [6.07, 6.45) is 0. The van der Waals surface area contributed by atoms with Crippen molar-refractivity contribution >= 4 is 5.78 Å². The number of carbonyl (C=O) groups excluding carboxylic acids is 1. The molecule has 1 aromatic carbocycles. The van der Waals surface area contributed by atoms with Crippen molar-refractivity contribution in [1.29, 1.82) is 0 Å². The van der Waals surface area contributed by atoms with E-state index in [1.165, 1.54) is 0 Å². The van der Waals surface area contributed by atoms with E-state index < -0.39 is 63.6 Å². The van der Waals surface area contributed by atoms with Crippen LogP contribution in [0.15, 0.2) is 18.2 Å². The molecule has 3 aromatic rings. The van der Waals surface area contributed by atoms with Gasteiger partial charge in [0.15, 0.2) is 23.3 Å². The minimum atomic E-state index is -1.87. The number of rotatable bonds is 3. The Morgan fingerprint density at radius 3 is 1.96 bits per heavy atom. The Kier molecular flexibility index (Phi) is 5.85. The van der Waals surface area contributed by atoms with E-state index in [2.05, 4.69) is 10.1 Å². The van der Waals surface area contributed by atoms with Crippen molar-refractivity contribution in [1.82, 2.24) is 14.8 Å². The molecule has 0 fully saturated rings. The molecule has 3 rings (SSSR count). The number of carbonyl (C=O) groups is 1. The number of benzene rings is 1. The summed E-state index contributed by atoms with van der Waals surface area (Å²) in [5.41, 5.74) is -2.98. The first-order valence-electron chi connectivity index (χ1n) is 7.11. The summed E-state index contributed by atoms with van der Waals surface area (Å²) >= 11 is 0. The number of hydrogen-bond donors (Lipinski definition) is 1. The van der Waals surface area contributed by atoms with Crippen molar-refractivity contribution in [3.63, 3.8) is 0 Å². The van der Waals surface area contributed by atoms with Crippen LogP contribution in [0.3, 0.4) is 0 Å². The number of aromatic nitrogens is 3. The molecule has 1 radical (unpaired) electrons. The number of aromatic hydroxyl groups is 1. The van der Waals surface area contributed by atoms with E-state index in [1.807, 2.05) is 0 Å². The Labute approximate surface area is 163 Å². The van der Waals surface area contributed by atoms with Crippen LogP contribution in [-0.2, 0) is 17.1 Å². The van der Waals surface area contributed by atoms with Crippen LogP contribution in [0.2, 0.25) is 0 Å². The van der Waals surface area contributed by atoms with E-state index in [9.17, 15) is 36.2 Å². The van der Waals surface area contributed by atoms with Gasteiger partial charge >= 0.3 is 0 Å². The number of hydrogen-bond acceptors (Lipinski definition) is 4. The van der Waals surface area contributed by atoms with Gasteiger partial charge in [0.05, 0.1) is 5.69 Å². The van der Waals surface area contributed by atoms with Crippen molar-refractivity contribution in [2.75, 3.05) is 0 Å². The van der Waals surface area contributed by atoms with Crippen LogP contribution in [0, 0.1) is 42.1 Å². The van der Waals surface area contributed by atoms with Crippen molar-refractivity contribution < 1.29 is 53.3 Å². The van der Waals surface area contributed by atoms with Crippen molar-refractivity contribution in [2.45, 2.75) is 6.92 Å². The third-order valence-electron chi connectivity index (χ3n) is 3.59. The van der Waals surface area contributed by atoms with Gasteiger partial charge in [0.1, 0.15) is 11.3 Å². The summed E-state index contributed by atoms with van der Waals surface area (Å²) in [5.74, 6) is -12.3. The summed E-state index contributed by atoms with van der Waals surface area (Å²) in [5, 5.41) is 13.7. The molecule has 2 aromatic heterocycles. The predicted molar refractivity (Wildman–Crippen MR) is 77.4 cm³/mol. The van der Waals surface area contributed by atoms with Crippen molar-refractivity contribution in [3.8, 4) is 11.6 Å². The topological polar surface area (TPSA) is 68.0 Å². The van der Waals surface area contributed by atoms with Crippen molar-refractivity contribution in [3.05, 3.63) is 70.2 Å². The molecule has 0 saturated heterocycles. The summed E-state index contributed by atoms with van der Waals surface area (Å²) in [6.45, 7) is 1.13. The molecule has 2 heterocycles. The molecular formula is C16H7F6MnN3O2. The van der Waals surface area contributed by atoms with Gasteiger partial charge in [-0.1, -0.05) is 0 Å². The molecule has 0 amide bonds. The van der Waals surface area contributed by atoms with E-state index in [0.717, 1.165) is 6.92 Å². The zero-order valence-electron chi connectivity index (χ0n) is 13.6. The maximum atomic E-state index is 13.9. The Balaban J connectivity index is 0.00000280. The van der Waals surface area contributed by atoms with Gasteiger partial charge in [-0.05, 0) is 6.92 Å². The summed E-state index contributed by atoms with van der Waals surface area (Å²) in [6, 6.07) is 1.07. The number of aryl methyl sites for hydroxylation is 1. The molecule has 0 aliphatic heterocycles. The second kappa shape index (κ2) is 7.64. The quantitative estimate of drug-likeness (QED) is 0.222. The second-order valence-electron chi connectivity index (χ2n) is 5.34. The number of nitrogens with zero attached hydrogens (tertiary/aromatic N) is 3. The zero-order valence-corrected chi connectivity index (χ0v) is 14.8. The van der Waals surface area contributed by atoms with Gasteiger partial charge in [0.25, 0.3) is 0 Å². The summed E-state index contributed by atoms with van der Waals surface area (Å²) in [7, 11) is 0. The normalized spacial score (nSPS) is 10.7. The average molecular weight is 442 g/mol. The van der Waals surface area contributed by atoms with Gasteiger partial charge in [0.2, 0.25) is 23.6 Å². The Hall–Kier alpha value is -2.85. The molecule has 0 unspecified atom stereocenters. The van der Waals surface area contributed by atoms with E-state index in [0.29, 0.717) is 12.1 Å². The predicted octanol–water partition coefficient (Wildman–Crippen LogP) is 3.34. The van der Waals surface area contributed by atoms with Gasteiger partial charge in [-0.15, -0.1) is 0 Å². The van der Waals surface area contributed by atoms with Crippen LogP contribution in [0.1, 0.15) is 21.6 Å². The summed E-state index contributed by atoms with van der Waals surface area (Å²) < 4.78 is 81.1. The third-order valence-corrected chi connectivity index (χ3v) is 3.59. The minimum absolute atomic E-state index is 0. The Morgan fingerprint density at radius 2 is 1.46 bits per heavy atom. The minimum Gasteiger partial charge on any atom is -0.493 e. The number of halogens is 6. The van der Waals surface area contributed by atoms with Gasteiger partial charge in [-0.3, -0.25) is 4.79 Å². The molecule has 147 valence electrons. The molecule has 12 heteroatoms. The SMILES string of the molecule is Cc1nn(-c2c(F)c(F)cc(F)c2F)c(O)c1C(=O)c1cc(F)nc(F)c1.[Mn]. The van der Waals surface area contributed by atoms with Gasteiger partial charge in [-0.2, -0.15) is 23.5 Å². The van der Waals surface area contributed by atoms with Gasteiger partial charge < -0.3 is 5.11 Å². The Bertz CT molecular complexity index is 1060. The molecule has 5 nitrogen and oxygen atoms in total. The number of pyridine rings is 1. The van der Waals surface area contributed by atoms with Crippen LogP contribution >= 0.6 is 0 Å². The van der Waals surface area contributed by atoms with E-state index in [1.54, 1.807) is 0 Å². The second-order valence-corrected chi connectivity index (χ2v) is 5.34. The third kappa shape index (κ3) is 3.48. The molecule has 0 bridgehead atoms. The molecule has 28 heavy (non-hydrogen) atoms. The van der Waals surface area contributed by atoms with Crippen LogP contribution < -0.4 is 0 Å². The molecule has 0 spiro atoms.